The standard InChI is InChI=1S/C29H40N6O4/c1-18-26-23(32-27-25(19(2)38-26)24(6-8-30-27)33-10-12-37-13-11-33)14-22(31-18)20-7-9-34(15-20)21-16-35(17-21)28(36)39-29(3,4)5/h6,8,14,19-21H,7,9-13,15-17H2,1-5H3,(H,30,32)/t19-,20+/m0/s1. The van der Waals surface area contributed by atoms with E-state index < -0.39 is 5.60 Å². The number of hydrogen-bond donors (Lipinski definition) is 1. The number of fused-ring (bicyclic) bond motifs is 2. The highest BCUT2D eigenvalue weighted by molar-refractivity contribution is 5.74. The van der Waals surface area contributed by atoms with Gasteiger partial charge in [-0.1, -0.05) is 0 Å². The van der Waals surface area contributed by atoms with Crippen molar-refractivity contribution >= 4 is 23.3 Å². The number of rotatable bonds is 3. The number of aromatic nitrogens is 2. The first kappa shape index (κ1) is 26.1. The Hall–Kier alpha value is -3.11. The van der Waals surface area contributed by atoms with E-state index in [-0.39, 0.29) is 12.2 Å². The zero-order chi connectivity index (χ0) is 27.3. The summed E-state index contributed by atoms with van der Waals surface area (Å²) in [5.41, 5.74) is 4.64. The minimum Gasteiger partial charge on any atom is -0.482 e. The molecule has 1 amide bonds. The molecule has 0 unspecified atom stereocenters. The van der Waals surface area contributed by atoms with Crippen LogP contribution in [0.3, 0.4) is 0 Å². The molecule has 4 aliphatic heterocycles. The molecule has 6 rings (SSSR count). The second-order valence-corrected chi connectivity index (χ2v) is 12.1. The molecule has 2 aromatic rings. The van der Waals surface area contributed by atoms with E-state index in [9.17, 15) is 4.79 Å². The van der Waals surface area contributed by atoms with Crippen LogP contribution in [-0.4, -0.2) is 90.0 Å². The van der Waals surface area contributed by atoms with Crippen LogP contribution in [0.2, 0.25) is 0 Å². The van der Waals surface area contributed by atoms with Crippen LogP contribution < -0.4 is 15.0 Å². The summed E-state index contributed by atoms with van der Waals surface area (Å²) in [6.07, 6.45) is 2.53. The molecular formula is C29H40N6O4. The maximum atomic E-state index is 12.4. The van der Waals surface area contributed by atoms with E-state index >= 15 is 0 Å². The number of nitrogens with zero attached hydrogens (tertiary/aromatic N) is 5. The zero-order valence-corrected chi connectivity index (χ0v) is 23.7. The van der Waals surface area contributed by atoms with Crippen molar-refractivity contribution in [1.82, 2.24) is 19.8 Å². The molecule has 39 heavy (non-hydrogen) atoms. The highest BCUT2D eigenvalue weighted by Crippen LogP contribution is 2.44. The van der Waals surface area contributed by atoms with Crippen LogP contribution in [0.4, 0.5) is 22.0 Å². The van der Waals surface area contributed by atoms with E-state index in [4.69, 9.17) is 24.2 Å². The van der Waals surface area contributed by atoms with Crippen LogP contribution in [-0.2, 0) is 9.47 Å². The minimum absolute atomic E-state index is 0.167. The van der Waals surface area contributed by atoms with Gasteiger partial charge in [0.25, 0.3) is 0 Å². The number of nitrogens with one attached hydrogen (secondary N) is 1. The summed E-state index contributed by atoms with van der Waals surface area (Å²) in [5, 5.41) is 3.61. The second-order valence-electron chi connectivity index (χ2n) is 12.1. The maximum absolute atomic E-state index is 12.4. The lowest BCUT2D eigenvalue weighted by atomic mass is 10.0. The zero-order valence-electron chi connectivity index (χ0n) is 23.7. The average Bonchev–Trinajstić information content (AvgIpc) is 3.28. The normalized spacial score (nSPS) is 23.7. The Kier molecular flexibility index (Phi) is 6.79. The van der Waals surface area contributed by atoms with Gasteiger partial charge >= 0.3 is 6.09 Å². The van der Waals surface area contributed by atoms with Gasteiger partial charge in [0.05, 0.1) is 30.2 Å². The summed E-state index contributed by atoms with van der Waals surface area (Å²) >= 11 is 0. The van der Waals surface area contributed by atoms with Crippen LogP contribution in [0, 0.1) is 6.92 Å². The van der Waals surface area contributed by atoms with Crippen LogP contribution in [0.1, 0.15) is 63.1 Å². The Balaban J connectivity index is 1.17. The predicted octanol–water partition coefficient (Wildman–Crippen LogP) is 4.23. The SMILES string of the molecule is Cc1nc([C@@H]2CCN(C3CN(C(=O)OC(C)(C)C)C3)C2)cc2c1O[C@@H](C)c1c(N3CCOCC3)ccnc1N2. The number of morpholine rings is 1. The first-order chi connectivity index (χ1) is 18.7. The summed E-state index contributed by atoms with van der Waals surface area (Å²) in [5.74, 6) is 1.96. The van der Waals surface area contributed by atoms with Crippen molar-refractivity contribution in [2.45, 2.75) is 64.7 Å². The van der Waals surface area contributed by atoms with E-state index in [1.165, 1.54) is 0 Å². The summed E-state index contributed by atoms with van der Waals surface area (Å²) in [6, 6.07) is 4.60. The second kappa shape index (κ2) is 10.1. The number of hydrogen-bond acceptors (Lipinski definition) is 9. The van der Waals surface area contributed by atoms with Crippen molar-refractivity contribution in [2.75, 3.05) is 62.7 Å². The van der Waals surface area contributed by atoms with Gasteiger partial charge in [-0.15, -0.1) is 0 Å². The smallest absolute Gasteiger partial charge is 0.410 e. The van der Waals surface area contributed by atoms with Crippen molar-refractivity contribution in [3.8, 4) is 5.75 Å². The van der Waals surface area contributed by atoms with Gasteiger partial charge in [0.1, 0.15) is 17.5 Å². The minimum atomic E-state index is -0.467. The summed E-state index contributed by atoms with van der Waals surface area (Å²) in [6.45, 7) is 16.4. The van der Waals surface area contributed by atoms with Gasteiger partial charge in [0.2, 0.25) is 0 Å². The molecule has 10 nitrogen and oxygen atoms in total. The molecule has 0 radical (unpaired) electrons. The Morgan fingerprint density at radius 2 is 1.92 bits per heavy atom. The number of carbonyl (C=O) groups excluding carboxylic acids is 1. The molecule has 3 saturated heterocycles. The summed E-state index contributed by atoms with van der Waals surface area (Å²) in [4.78, 5) is 28.7. The average molecular weight is 537 g/mol. The number of amides is 1. The van der Waals surface area contributed by atoms with Crippen molar-refractivity contribution in [3.05, 3.63) is 35.3 Å². The van der Waals surface area contributed by atoms with Gasteiger partial charge in [-0.05, 0) is 59.7 Å². The number of aryl methyl sites for hydroxylation is 1. The number of carbonyl (C=O) groups is 1. The first-order valence-corrected chi connectivity index (χ1v) is 14.1. The molecule has 10 heteroatoms. The Morgan fingerprint density at radius 3 is 2.67 bits per heavy atom. The fraction of sp³-hybridized carbons (Fsp3) is 0.621. The molecule has 0 spiro atoms. The molecular weight excluding hydrogens is 496 g/mol. The lowest BCUT2D eigenvalue weighted by Gasteiger charge is -2.44. The maximum Gasteiger partial charge on any atom is 0.410 e. The number of ether oxygens (including phenoxy) is 3. The largest absolute Gasteiger partial charge is 0.482 e. The molecule has 2 atom stereocenters. The van der Waals surface area contributed by atoms with E-state index in [1.807, 2.05) is 33.9 Å². The number of pyridine rings is 2. The lowest BCUT2D eigenvalue weighted by Crippen LogP contribution is -2.61. The van der Waals surface area contributed by atoms with Crippen molar-refractivity contribution in [3.63, 3.8) is 0 Å². The molecule has 0 saturated carbocycles. The molecule has 6 heterocycles. The molecule has 4 aliphatic rings. The molecule has 3 fully saturated rings. The van der Waals surface area contributed by atoms with Crippen LogP contribution in [0.5, 0.6) is 5.75 Å². The molecule has 0 aliphatic carbocycles. The topological polar surface area (TPSA) is 92.3 Å². The van der Waals surface area contributed by atoms with Crippen molar-refractivity contribution in [1.29, 1.82) is 0 Å². The Labute approximate surface area is 230 Å². The van der Waals surface area contributed by atoms with E-state index in [0.717, 1.165) is 98.8 Å². The quantitative estimate of drug-likeness (QED) is 0.619. The molecule has 2 aromatic heterocycles. The van der Waals surface area contributed by atoms with Crippen LogP contribution >= 0.6 is 0 Å². The van der Waals surface area contributed by atoms with Crippen molar-refractivity contribution in [2.24, 2.45) is 0 Å². The van der Waals surface area contributed by atoms with Gasteiger partial charge in [-0.2, -0.15) is 0 Å². The summed E-state index contributed by atoms with van der Waals surface area (Å²) < 4.78 is 17.6. The first-order valence-electron chi connectivity index (χ1n) is 14.1. The fourth-order valence-corrected chi connectivity index (χ4v) is 6.06. The number of likely N-dealkylation sites (tertiary alicyclic amines) is 2. The predicted molar refractivity (Wildman–Crippen MR) is 149 cm³/mol. The van der Waals surface area contributed by atoms with Gasteiger partial charge in [0.15, 0.2) is 5.75 Å². The molecule has 210 valence electrons. The number of anilines is 3. The van der Waals surface area contributed by atoms with Crippen LogP contribution in [0.15, 0.2) is 18.3 Å². The molecule has 1 N–H and O–H groups in total. The van der Waals surface area contributed by atoms with Gasteiger partial charge in [-0.3, -0.25) is 9.88 Å². The Morgan fingerprint density at radius 1 is 1.15 bits per heavy atom. The van der Waals surface area contributed by atoms with E-state index in [2.05, 4.69) is 34.2 Å². The van der Waals surface area contributed by atoms with Gasteiger partial charge in [-0.25, -0.2) is 9.78 Å². The van der Waals surface area contributed by atoms with Crippen LogP contribution in [0.25, 0.3) is 0 Å². The molecule has 0 aromatic carbocycles. The molecule has 0 bridgehead atoms. The fourth-order valence-electron chi connectivity index (χ4n) is 6.06. The third kappa shape index (κ3) is 5.24. The highest BCUT2D eigenvalue weighted by atomic mass is 16.6. The van der Waals surface area contributed by atoms with E-state index in [0.29, 0.717) is 12.0 Å². The monoisotopic (exact) mass is 536 g/mol. The third-order valence-corrected chi connectivity index (χ3v) is 8.10. The highest BCUT2D eigenvalue weighted by Gasteiger charge is 2.40. The van der Waals surface area contributed by atoms with E-state index in [1.54, 1.807) is 4.90 Å². The van der Waals surface area contributed by atoms with Gasteiger partial charge in [0, 0.05) is 62.3 Å². The summed E-state index contributed by atoms with van der Waals surface area (Å²) in [7, 11) is 0. The van der Waals surface area contributed by atoms with Crippen molar-refractivity contribution < 1.29 is 19.0 Å². The Bertz CT molecular complexity index is 1240. The lowest BCUT2D eigenvalue weighted by molar-refractivity contribution is -0.0114. The third-order valence-electron chi connectivity index (χ3n) is 8.10. The van der Waals surface area contributed by atoms with Gasteiger partial charge < -0.3 is 29.3 Å².